The lowest BCUT2D eigenvalue weighted by Crippen LogP contribution is -2.46. The van der Waals surface area contributed by atoms with Gasteiger partial charge in [0.1, 0.15) is 0 Å². The van der Waals surface area contributed by atoms with Crippen LogP contribution in [0.1, 0.15) is 24.8 Å². The summed E-state index contributed by atoms with van der Waals surface area (Å²) in [5.74, 6) is 2.66. The average molecular weight is 277 g/mol. The van der Waals surface area contributed by atoms with E-state index in [4.69, 9.17) is 0 Å². The molecule has 19 heavy (non-hydrogen) atoms. The highest BCUT2D eigenvalue weighted by Crippen LogP contribution is 2.20. The normalized spacial score (nSPS) is 25.8. The van der Waals surface area contributed by atoms with Crippen molar-refractivity contribution in [3.63, 3.8) is 0 Å². The molecule has 104 valence electrons. The van der Waals surface area contributed by atoms with Gasteiger partial charge in [-0.25, -0.2) is 0 Å². The highest BCUT2D eigenvalue weighted by Gasteiger charge is 2.23. The Balaban J connectivity index is 1.41. The highest BCUT2D eigenvalue weighted by molar-refractivity contribution is 7.99. The molecule has 3 heterocycles. The number of hydrogen-bond acceptors (Lipinski definition) is 4. The maximum Gasteiger partial charge on any atom is 0.0312 e. The molecular weight excluding hydrogens is 254 g/mol. The number of nitrogens with zero attached hydrogens (tertiary/aromatic N) is 2. The van der Waals surface area contributed by atoms with Gasteiger partial charge in [0.25, 0.3) is 0 Å². The van der Waals surface area contributed by atoms with E-state index in [9.17, 15) is 0 Å². The van der Waals surface area contributed by atoms with E-state index in [0.717, 1.165) is 18.6 Å². The molecule has 1 aromatic heterocycles. The monoisotopic (exact) mass is 277 g/mol. The summed E-state index contributed by atoms with van der Waals surface area (Å²) >= 11 is 2.09. The van der Waals surface area contributed by atoms with Crippen molar-refractivity contribution in [2.45, 2.75) is 37.9 Å². The molecule has 4 heteroatoms. The Morgan fingerprint density at radius 2 is 2.16 bits per heavy atom. The smallest absolute Gasteiger partial charge is 0.0312 e. The first-order chi connectivity index (χ1) is 9.40. The Kier molecular flexibility index (Phi) is 4.75. The summed E-state index contributed by atoms with van der Waals surface area (Å²) in [5, 5.41) is 3.84. The van der Waals surface area contributed by atoms with E-state index in [1.807, 2.05) is 18.5 Å². The van der Waals surface area contributed by atoms with E-state index in [1.54, 1.807) is 0 Å². The maximum atomic E-state index is 4.19. The van der Waals surface area contributed by atoms with Crippen molar-refractivity contribution < 1.29 is 0 Å². The topological polar surface area (TPSA) is 28.2 Å². The highest BCUT2D eigenvalue weighted by atomic mass is 32.2. The molecule has 1 N–H and O–H groups in total. The van der Waals surface area contributed by atoms with Crippen molar-refractivity contribution in [1.82, 2.24) is 15.2 Å². The van der Waals surface area contributed by atoms with Gasteiger partial charge in [-0.05, 0) is 49.7 Å². The number of piperidine rings is 1. The number of aromatic nitrogens is 1. The fraction of sp³-hybridized carbons (Fsp3) is 0.667. The Labute approximate surface area is 120 Å². The van der Waals surface area contributed by atoms with Crippen LogP contribution in [0.15, 0.2) is 24.5 Å². The van der Waals surface area contributed by atoms with Gasteiger partial charge in [0, 0.05) is 36.8 Å². The Hall–Kier alpha value is -0.580. The third-order valence-corrected chi connectivity index (χ3v) is 5.28. The summed E-state index contributed by atoms with van der Waals surface area (Å²) in [4.78, 5) is 6.75. The van der Waals surface area contributed by atoms with Crippen molar-refractivity contribution in [1.29, 1.82) is 0 Å². The summed E-state index contributed by atoms with van der Waals surface area (Å²) in [6.07, 6.45) is 7.78. The number of likely N-dealkylation sites (tertiary alicyclic amines) is 1. The molecular formula is C15H23N3S. The largest absolute Gasteiger partial charge is 0.310 e. The number of rotatable bonds is 4. The van der Waals surface area contributed by atoms with Gasteiger partial charge >= 0.3 is 0 Å². The van der Waals surface area contributed by atoms with Crippen LogP contribution >= 0.6 is 11.8 Å². The van der Waals surface area contributed by atoms with Gasteiger partial charge in [-0.1, -0.05) is 6.07 Å². The summed E-state index contributed by atoms with van der Waals surface area (Å²) in [6, 6.07) is 5.72. The average Bonchev–Trinajstić information content (AvgIpc) is 2.95. The van der Waals surface area contributed by atoms with Gasteiger partial charge in [0.15, 0.2) is 0 Å². The zero-order chi connectivity index (χ0) is 12.9. The van der Waals surface area contributed by atoms with Crippen molar-refractivity contribution >= 4 is 11.8 Å². The Morgan fingerprint density at radius 1 is 1.26 bits per heavy atom. The van der Waals surface area contributed by atoms with Gasteiger partial charge in [0.05, 0.1) is 0 Å². The second kappa shape index (κ2) is 6.73. The second-order valence-corrected chi connectivity index (χ2v) is 6.79. The number of thioether (sulfide) groups is 1. The SMILES string of the molecule is c1cncc(CN2CCC(NC3CCSC3)CC2)c1. The summed E-state index contributed by atoms with van der Waals surface area (Å²) in [7, 11) is 0. The summed E-state index contributed by atoms with van der Waals surface area (Å²) in [6.45, 7) is 3.48. The third kappa shape index (κ3) is 3.94. The predicted octanol–water partition coefficient (Wildman–Crippen LogP) is 2.14. The number of hydrogen-bond donors (Lipinski definition) is 1. The second-order valence-electron chi connectivity index (χ2n) is 5.64. The van der Waals surface area contributed by atoms with Crippen molar-refractivity contribution in [2.24, 2.45) is 0 Å². The minimum absolute atomic E-state index is 0.744. The Bertz CT molecular complexity index is 370. The lowest BCUT2D eigenvalue weighted by molar-refractivity contribution is 0.185. The van der Waals surface area contributed by atoms with E-state index in [1.165, 1.54) is 49.4 Å². The standard InChI is InChI=1S/C15H23N3S/c1-2-13(10-16-6-1)11-18-7-3-14(4-8-18)17-15-5-9-19-12-15/h1-2,6,10,14-15,17H,3-5,7-9,11-12H2. The first-order valence-electron chi connectivity index (χ1n) is 7.35. The van der Waals surface area contributed by atoms with Gasteiger partial charge in [-0.2, -0.15) is 11.8 Å². The van der Waals surface area contributed by atoms with Crippen LogP contribution < -0.4 is 5.32 Å². The molecule has 0 saturated carbocycles. The molecule has 1 unspecified atom stereocenters. The van der Waals surface area contributed by atoms with E-state index in [0.29, 0.717) is 0 Å². The predicted molar refractivity (Wildman–Crippen MR) is 81.4 cm³/mol. The van der Waals surface area contributed by atoms with Gasteiger partial charge in [-0.3, -0.25) is 9.88 Å². The van der Waals surface area contributed by atoms with Crippen LogP contribution in [0.3, 0.4) is 0 Å². The Morgan fingerprint density at radius 3 is 2.84 bits per heavy atom. The zero-order valence-electron chi connectivity index (χ0n) is 11.4. The zero-order valence-corrected chi connectivity index (χ0v) is 12.2. The lowest BCUT2D eigenvalue weighted by Gasteiger charge is -2.33. The number of pyridine rings is 1. The summed E-state index contributed by atoms with van der Waals surface area (Å²) in [5.41, 5.74) is 1.33. The first-order valence-corrected chi connectivity index (χ1v) is 8.51. The van der Waals surface area contributed by atoms with Crippen molar-refractivity contribution in [3.05, 3.63) is 30.1 Å². The van der Waals surface area contributed by atoms with Crippen molar-refractivity contribution in [3.8, 4) is 0 Å². The van der Waals surface area contributed by atoms with E-state index < -0.39 is 0 Å². The summed E-state index contributed by atoms with van der Waals surface area (Å²) < 4.78 is 0. The minimum Gasteiger partial charge on any atom is -0.310 e. The van der Waals surface area contributed by atoms with Gasteiger partial charge < -0.3 is 5.32 Å². The molecule has 1 aromatic rings. The fourth-order valence-electron chi connectivity index (χ4n) is 3.01. The van der Waals surface area contributed by atoms with Crippen LogP contribution in [0.4, 0.5) is 0 Å². The molecule has 2 aliphatic heterocycles. The molecule has 0 bridgehead atoms. The minimum atomic E-state index is 0.744. The quantitative estimate of drug-likeness (QED) is 0.913. The number of nitrogens with one attached hydrogen (secondary N) is 1. The van der Waals surface area contributed by atoms with Crippen LogP contribution in [0, 0.1) is 0 Å². The van der Waals surface area contributed by atoms with Crippen LogP contribution in [0.5, 0.6) is 0 Å². The fourth-order valence-corrected chi connectivity index (χ4v) is 4.17. The molecule has 2 saturated heterocycles. The van der Waals surface area contributed by atoms with Gasteiger partial charge in [0.2, 0.25) is 0 Å². The van der Waals surface area contributed by atoms with E-state index >= 15 is 0 Å². The molecule has 0 amide bonds. The van der Waals surface area contributed by atoms with Crippen LogP contribution in [0.2, 0.25) is 0 Å². The molecule has 0 radical (unpaired) electrons. The molecule has 2 aliphatic rings. The molecule has 2 fully saturated rings. The third-order valence-electron chi connectivity index (χ3n) is 4.12. The van der Waals surface area contributed by atoms with Gasteiger partial charge in [-0.15, -0.1) is 0 Å². The maximum absolute atomic E-state index is 4.19. The van der Waals surface area contributed by atoms with Crippen LogP contribution in [0.25, 0.3) is 0 Å². The van der Waals surface area contributed by atoms with Crippen LogP contribution in [-0.2, 0) is 6.54 Å². The molecule has 3 rings (SSSR count). The molecule has 0 spiro atoms. The lowest BCUT2D eigenvalue weighted by atomic mass is 10.0. The first kappa shape index (κ1) is 13.4. The van der Waals surface area contributed by atoms with Crippen LogP contribution in [-0.4, -0.2) is 46.6 Å². The van der Waals surface area contributed by atoms with E-state index in [-0.39, 0.29) is 0 Å². The van der Waals surface area contributed by atoms with E-state index in [2.05, 4.69) is 33.0 Å². The molecule has 0 aromatic carbocycles. The molecule has 0 aliphatic carbocycles. The molecule has 1 atom stereocenters. The van der Waals surface area contributed by atoms with Crippen molar-refractivity contribution in [2.75, 3.05) is 24.6 Å². The molecule has 3 nitrogen and oxygen atoms in total.